The van der Waals surface area contributed by atoms with E-state index < -0.39 is 26.3 Å². The first-order chi connectivity index (χ1) is 20.7. The van der Waals surface area contributed by atoms with Crippen molar-refractivity contribution in [2.24, 2.45) is 5.92 Å². The number of rotatable bonds is 7. The van der Waals surface area contributed by atoms with Crippen molar-refractivity contribution in [3.63, 3.8) is 0 Å². The van der Waals surface area contributed by atoms with Gasteiger partial charge < -0.3 is 19.2 Å². The van der Waals surface area contributed by atoms with Crippen molar-refractivity contribution in [3.8, 4) is 0 Å². The van der Waals surface area contributed by atoms with Crippen molar-refractivity contribution in [2.45, 2.75) is 63.8 Å². The van der Waals surface area contributed by atoms with Gasteiger partial charge in [0.05, 0.1) is 22.9 Å². The van der Waals surface area contributed by atoms with Crippen LogP contribution in [0.1, 0.15) is 52.7 Å². The first-order valence-corrected chi connectivity index (χ1v) is 17.1. The zero-order valence-corrected chi connectivity index (χ0v) is 26.1. The summed E-state index contributed by atoms with van der Waals surface area (Å²) in [6.45, 7) is 7.90. The number of fused-ring (bicyclic) bond motifs is 1. The molecule has 0 bridgehead atoms. The van der Waals surface area contributed by atoms with E-state index in [0.717, 1.165) is 29.6 Å². The third kappa shape index (κ3) is 5.50. The zero-order chi connectivity index (χ0) is 30.2. The quantitative estimate of drug-likeness (QED) is 0.273. The molecule has 3 aromatic carbocycles. The Morgan fingerprint density at radius 2 is 1.65 bits per heavy atom. The van der Waals surface area contributed by atoms with Gasteiger partial charge in [-0.2, -0.15) is 5.10 Å². The molecule has 2 fully saturated rings. The van der Waals surface area contributed by atoms with E-state index in [9.17, 15) is 9.90 Å². The summed E-state index contributed by atoms with van der Waals surface area (Å²) in [6.07, 6.45) is 2.46. The topological polar surface area (TPSA) is 76.8 Å². The lowest BCUT2D eigenvalue weighted by atomic mass is 9.96. The Balaban J connectivity index is 1.44. The number of carbonyl (C=O) groups is 1. The molecule has 1 N–H and O–H groups in total. The highest BCUT2D eigenvalue weighted by atomic mass is 28.4. The van der Waals surface area contributed by atoms with Crippen molar-refractivity contribution in [1.29, 1.82) is 0 Å². The molecule has 2 aliphatic rings. The Kier molecular flexibility index (Phi) is 8.15. The van der Waals surface area contributed by atoms with Crippen molar-refractivity contribution in [1.82, 2.24) is 9.78 Å². The molecule has 0 aliphatic carbocycles. The maximum atomic E-state index is 15.5. The number of halogens is 1. The Bertz CT molecular complexity index is 1530. The summed E-state index contributed by atoms with van der Waals surface area (Å²) in [6, 6.07) is 25.7. The van der Waals surface area contributed by atoms with Crippen LogP contribution in [0, 0.1) is 11.7 Å². The van der Waals surface area contributed by atoms with Crippen LogP contribution in [0.5, 0.6) is 0 Å². The summed E-state index contributed by atoms with van der Waals surface area (Å²) in [4.78, 5) is 14.5. The average molecular weight is 602 g/mol. The zero-order valence-electron chi connectivity index (χ0n) is 25.1. The Morgan fingerprint density at radius 3 is 2.23 bits per heavy atom. The minimum atomic E-state index is -2.96. The van der Waals surface area contributed by atoms with Gasteiger partial charge in [0.2, 0.25) is 0 Å². The lowest BCUT2D eigenvalue weighted by Crippen LogP contribution is -2.69. The molecule has 6 rings (SSSR count). The van der Waals surface area contributed by atoms with Gasteiger partial charge in [-0.25, -0.2) is 9.07 Å². The summed E-state index contributed by atoms with van der Waals surface area (Å²) < 4.78 is 30.8. The highest BCUT2D eigenvalue weighted by molar-refractivity contribution is 6.99. The second-order valence-corrected chi connectivity index (χ2v) is 17.1. The van der Waals surface area contributed by atoms with Gasteiger partial charge in [-0.1, -0.05) is 87.5 Å². The van der Waals surface area contributed by atoms with Crippen molar-refractivity contribution in [2.75, 3.05) is 24.6 Å². The standard InChI is InChI=1S/C34H40FN3O4Si/c1-34(2,3)43(26-13-6-4-7-14-26,27-15-8-5-9-16-27)42-25-21-24(33(39)40)22-37(23-25)32-31-28(35)17-12-18-29(31)38(36-32)30-19-10-11-20-41-30/h4-9,12-18,24-25,30H,10-11,19-23H2,1-3H3,(H,39,40). The van der Waals surface area contributed by atoms with Crippen LogP contribution in [-0.4, -0.2) is 55.0 Å². The number of hydrogen-bond acceptors (Lipinski definition) is 5. The van der Waals surface area contributed by atoms with Crippen molar-refractivity contribution in [3.05, 3.63) is 84.7 Å². The minimum Gasteiger partial charge on any atom is -0.481 e. The molecule has 3 atom stereocenters. The Morgan fingerprint density at radius 1 is 0.977 bits per heavy atom. The van der Waals surface area contributed by atoms with Crippen LogP contribution in [0.15, 0.2) is 78.9 Å². The number of carboxylic acids is 1. The number of carboxylic acid groups (broad SMARTS) is 1. The van der Waals surface area contributed by atoms with Gasteiger partial charge in [-0.05, 0) is 53.2 Å². The average Bonchev–Trinajstić information content (AvgIpc) is 3.41. The molecule has 0 spiro atoms. The third-order valence-corrected chi connectivity index (χ3v) is 14.0. The van der Waals surface area contributed by atoms with Crippen LogP contribution in [0.3, 0.4) is 0 Å². The van der Waals surface area contributed by atoms with Gasteiger partial charge >= 0.3 is 5.97 Å². The lowest BCUT2D eigenvalue weighted by molar-refractivity contribution is -0.142. The van der Waals surface area contributed by atoms with Gasteiger partial charge in [0.15, 0.2) is 12.0 Å². The highest BCUT2D eigenvalue weighted by Crippen LogP contribution is 2.40. The van der Waals surface area contributed by atoms with Crippen LogP contribution >= 0.6 is 0 Å². The van der Waals surface area contributed by atoms with E-state index in [4.69, 9.17) is 14.3 Å². The molecule has 0 amide bonds. The number of aliphatic carboxylic acids is 1. The van der Waals surface area contributed by atoms with Gasteiger partial charge in [0.1, 0.15) is 5.82 Å². The third-order valence-electron chi connectivity index (χ3n) is 8.91. The molecule has 3 heterocycles. The fraction of sp³-hybridized carbons (Fsp3) is 0.412. The van der Waals surface area contributed by atoms with E-state index >= 15 is 4.39 Å². The minimum absolute atomic E-state index is 0.224. The Labute approximate surface area is 253 Å². The van der Waals surface area contributed by atoms with E-state index in [0.29, 0.717) is 36.3 Å². The molecule has 4 aromatic rings. The molecule has 0 radical (unpaired) electrons. The van der Waals surface area contributed by atoms with Gasteiger partial charge in [-0.15, -0.1) is 0 Å². The fourth-order valence-electron chi connectivity index (χ4n) is 6.92. The van der Waals surface area contributed by atoms with Gasteiger partial charge in [0, 0.05) is 19.7 Å². The SMILES string of the molecule is CC(C)(C)[Si](OC1CC(C(=O)O)CN(c2nn(C3CCCCO3)c3cccc(F)c23)C1)(c1ccccc1)c1ccccc1. The van der Waals surface area contributed by atoms with Crippen molar-refractivity contribution >= 4 is 41.4 Å². The number of nitrogens with zero attached hydrogens (tertiary/aromatic N) is 3. The van der Waals surface area contributed by atoms with Crippen LogP contribution in [0.2, 0.25) is 5.04 Å². The smallest absolute Gasteiger partial charge is 0.308 e. The molecule has 1 aromatic heterocycles. The second kappa shape index (κ2) is 11.9. The van der Waals surface area contributed by atoms with Crippen LogP contribution in [0.25, 0.3) is 10.9 Å². The monoisotopic (exact) mass is 601 g/mol. The molecule has 226 valence electrons. The number of aromatic nitrogens is 2. The molecule has 2 saturated heterocycles. The molecule has 9 heteroatoms. The van der Waals surface area contributed by atoms with E-state index in [1.807, 2.05) is 47.4 Å². The summed E-state index contributed by atoms with van der Waals surface area (Å²) >= 11 is 0. The summed E-state index contributed by atoms with van der Waals surface area (Å²) in [7, 11) is -2.96. The Hall–Kier alpha value is -3.53. The number of ether oxygens (including phenoxy) is 1. The predicted molar refractivity (Wildman–Crippen MR) is 169 cm³/mol. The maximum absolute atomic E-state index is 15.5. The highest BCUT2D eigenvalue weighted by Gasteiger charge is 2.52. The second-order valence-electron chi connectivity index (χ2n) is 12.8. The lowest BCUT2D eigenvalue weighted by Gasteiger charge is -2.47. The molecule has 3 unspecified atom stereocenters. The molecule has 43 heavy (non-hydrogen) atoms. The normalized spacial score (nSPS) is 21.7. The molecule has 0 saturated carbocycles. The number of piperidine rings is 1. The molecular formula is C34H40FN3O4Si. The van der Waals surface area contributed by atoms with Crippen LogP contribution < -0.4 is 15.3 Å². The van der Waals surface area contributed by atoms with E-state index in [-0.39, 0.29) is 23.6 Å². The van der Waals surface area contributed by atoms with Gasteiger partial charge in [0.25, 0.3) is 8.32 Å². The number of hydrogen-bond donors (Lipinski definition) is 1. The molecular weight excluding hydrogens is 561 g/mol. The maximum Gasteiger partial charge on any atom is 0.308 e. The molecule has 2 aliphatic heterocycles. The van der Waals surface area contributed by atoms with E-state index in [1.165, 1.54) is 6.07 Å². The van der Waals surface area contributed by atoms with Crippen LogP contribution in [-0.2, 0) is 14.0 Å². The number of benzene rings is 3. The first kappa shape index (κ1) is 29.5. The predicted octanol–water partition coefficient (Wildman–Crippen LogP) is 5.73. The summed E-state index contributed by atoms with van der Waals surface area (Å²) in [5, 5.41) is 17.6. The van der Waals surface area contributed by atoms with Crippen LogP contribution in [0.4, 0.5) is 10.2 Å². The largest absolute Gasteiger partial charge is 0.481 e. The number of anilines is 1. The van der Waals surface area contributed by atoms with E-state index in [2.05, 4.69) is 45.0 Å². The summed E-state index contributed by atoms with van der Waals surface area (Å²) in [5.74, 6) is -1.52. The van der Waals surface area contributed by atoms with Gasteiger partial charge in [-0.3, -0.25) is 4.79 Å². The first-order valence-electron chi connectivity index (χ1n) is 15.2. The van der Waals surface area contributed by atoms with E-state index in [1.54, 1.807) is 10.7 Å². The van der Waals surface area contributed by atoms with Crippen molar-refractivity contribution < 1.29 is 23.5 Å². The molecule has 7 nitrogen and oxygen atoms in total. The fourth-order valence-corrected chi connectivity index (χ4v) is 11.6. The summed E-state index contributed by atoms with van der Waals surface area (Å²) in [5.41, 5.74) is 0.656.